The van der Waals surface area contributed by atoms with Gasteiger partial charge in [-0.3, -0.25) is 0 Å². The first kappa shape index (κ1) is 27.6. The van der Waals surface area contributed by atoms with Gasteiger partial charge in [-0.2, -0.15) is 0 Å². The lowest BCUT2D eigenvalue weighted by Crippen LogP contribution is -2.39. The van der Waals surface area contributed by atoms with E-state index in [1.807, 2.05) is 35.9 Å². The summed E-state index contributed by atoms with van der Waals surface area (Å²) in [5.41, 5.74) is 3.76. The predicted octanol–water partition coefficient (Wildman–Crippen LogP) is 5.88. The average molecular weight is 495 g/mol. The molecular formula is C30H42N2O4. The van der Waals surface area contributed by atoms with E-state index in [0.717, 1.165) is 31.4 Å². The zero-order chi connectivity index (χ0) is 26.7. The zero-order valence-electron chi connectivity index (χ0n) is 23.2. The second kappa shape index (κ2) is 10.9. The van der Waals surface area contributed by atoms with Crippen LogP contribution in [0.2, 0.25) is 0 Å². The van der Waals surface area contributed by atoms with Crippen LogP contribution in [0.15, 0.2) is 42.5 Å². The van der Waals surface area contributed by atoms with Crippen molar-refractivity contribution >= 4 is 12.0 Å². The summed E-state index contributed by atoms with van der Waals surface area (Å²) in [5.74, 6) is 0.277. The molecule has 1 aliphatic rings. The van der Waals surface area contributed by atoms with Gasteiger partial charge in [0, 0.05) is 20.1 Å². The summed E-state index contributed by atoms with van der Waals surface area (Å²) in [6, 6.07) is 15.0. The number of benzene rings is 2. The van der Waals surface area contributed by atoms with Gasteiger partial charge in [0.2, 0.25) is 0 Å². The number of esters is 1. The highest BCUT2D eigenvalue weighted by Crippen LogP contribution is 2.27. The third-order valence-corrected chi connectivity index (χ3v) is 7.03. The second-order valence-electron chi connectivity index (χ2n) is 11.5. The molecule has 1 fully saturated rings. The van der Waals surface area contributed by atoms with E-state index >= 15 is 0 Å². The van der Waals surface area contributed by atoms with E-state index in [9.17, 15) is 9.59 Å². The van der Waals surface area contributed by atoms with Gasteiger partial charge in [-0.15, -0.1) is 0 Å². The van der Waals surface area contributed by atoms with E-state index in [-0.39, 0.29) is 17.5 Å². The first-order valence-electron chi connectivity index (χ1n) is 12.8. The van der Waals surface area contributed by atoms with Crippen LogP contribution in [0.25, 0.3) is 0 Å². The largest absolute Gasteiger partial charge is 0.476 e. The zero-order valence-corrected chi connectivity index (χ0v) is 23.2. The molecule has 1 atom stereocenters. The highest BCUT2D eigenvalue weighted by atomic mass is 16.6. The predicted molar refractivity (Wildman–Crippen MR) is 143 cm³/mol. The van der Waals surface area contributed by atoms with Crippen LogP contribution in [0.4, 0.5) is 4.79 Å². The molecule has 2 amide bonds. The molecule has 0 saturated carbocycles. The van der Waals surface area contributed by atoms with E-state index in [4.69, 9.17) is 9.47 Å². The third kappa shape index (κ3) is 6.59. The molecule has 0 radical (unpaired) electrons. The van der Waals surface area contributed by atoms with Crippen LogP contribution in [0, 0.1) is 6.92 Å². The molecule has 0 aliphatic carbocycles. The number of hydrogen-bond donors (Lipinski definition) is 0. The van der Waals surface area contributed by atoms with Gasteiger partial charge < -0.3 is 19.3 Å². The van der Waals surface area contributed by atoms with E-state index in [1.54, 1.807) is 13.8 Å². The van der Waals surface area contributed by atoms with Crippen LogP contribution in [-0.4, -0.2) is 54.1 Å². The van der Waals surface area contributed by atoms with E-state index in [0.29, 0.717) is 12.3 Å². The minimum absolute atomic E-state index is 0.102. The van der Waals surface area contributed by atoms with Crippen molar-refractivity contribution in [2.24, 2.45) is 0 Å². The minimum Gasteiger partial charge on any atom is -0.476 e. The number of aryl methyl sites for hydroxylation is 2. The van der Waals surface area contributed by atoms with Crippen LogP contribution >= 0.6 is 0 Å². The average Bonchev–Trinajstić information content (AvgIpc) is 3.07. The Morgan fingerprint density at radius 3 is 2.25 bits per heavy atom. The fourth-order valence-electron chi connectivity index (χ4n) is 4.67. The van der Waals surface area contributed by atoms with Crippen molar-refractivity contribution in [3.05, 3.63) is 64.7 Å². The SMILES string of the molecule is COC(=O)C(C)(C)Oc1ccc(CCC[C@H]2CN(Cc3ccc(C(C)(C)C)cc3)C(=O)N2C)cc1C. The summed E-state index contributed by atoms with van der Waals surface area (Å²) < 4.78 is 10.7. The maximum atomic E-state index is 12.9. The smallest absolute Gasteiger partial charge is 0.349 e. The minimum atomic E-state index is -1.04. The molecule has 2 aromatic carbocycles. The van der Waals surface area contributed by atoms with Crippen molar-refractivity contribution in [3.63, 3.8) is 0 Å². The van der Waals surface area contributed by atoms with Crippen molar-refractivity contribution in [1.82, 2.24) is 9.80 Å². The number of urea groups is 1. The summed E-state index contributed by atoms with van der Waals surface area (Å²) >= 11 is 0. The number of hydrogen-bond acceptors (Lipinski definition) is 4. The fraction of sp³-hybridized carbons (Fsp3) is 0.533. The fourth-order valence-corrected chi connectivity index (χ4v) is 4.67. The van der Waals surface area contributed by atoms with Gasteiger partial charge in [0.25, 0.3) is 0 Å². The lowest BCUT2D eigenvalue weighted by Gasteiger charge is -2.24. The van der Waals surface area contributed by atoms with Crippen LogP contribution in [0.3, 0.4) is 0 Å². The van der Waals surface area contributed by atoms with Gasteiger partial charge in [0.05, 0.1) is 13.2 Å². The Morgan fingerprint density at radius 2 is 1.67 bits per heavy atom. The number of methoxy groups -OCH3 is 1. The number of likely N-dealkylation sites (N-methyl/N-ethyl adjacent to an activating group) is 1. The number of rotatable bonds is 9. The number of amides is 2. The van der Waals surface area contributed by atoms with Crippen molar-refractivity contribution in [1.29, 1.82) is 0 Å². The maximum absolute atomic E-state index is 12.9. The van der Waals surface area contributed by atoms with Crippen molar-refractivity contribution < 1.29 is 19.1 Å². The second-order valence-corrected chi connectivity index (χ2v) is 11.5. The summed E-state index contributed by atoms with van der Waals surface area (Å²) in [6.45, 7) is 13.4. The molecule has 0 unspecified atom stereocenters. The molecule has 2 aromatic rings. The third-order valence-electron chi connectivity index (χ3n) is 7.03. The highest BCUT2D eigenvalue weighted by molar-refractivity contribution is 5.79. The van der Waals surface area contributed by atoms with E-state index in [2.05, 4.69) is 51.1 Å². The lowest BCUT2D eigenvalue weighted by atomic mass is 9.87. The van der Waals surface area contributed by atoms with Crippen molar-refractivity contribution in [2.75, 3.05) is 20.7 Å². The normalized spacial score (nSPS) is 16.4. The number of carbonyl (C=O) groups excluding carboxylic acids is 2. The van der Waals surface area contributed by atoms with Gasteiger partial charge in [-0.05, 0) is 73.8 Å². The number of ether oxygens (including phenoxy) is 2. The molecule has 0 spiro atoms. The van der Waals surface area contributed by atoms with E-state index in [1.165, 1.54) is 23.8 Å². The Balaban J connectivity index is 1.53. The molecular weight excluding hydrogens is 452 g/mol. The summed E-state index contributed by atoms with van der Waals surface area (Å²) in [6.07, 6.45) is 2.87. The molecule has 6 heteroatoms. The van der Waals surface area contributed by atoms with Gasteiger partial charge in [0.15, 0.2) is 5.60 Å². The molecule has 196 valence electrons. The molecule has 1 heterocycles. The quantitative estimate of drug-likeness (QED) is 0.408. The molecule has 1 aliphatic heterocycles. The van der Waals surface area contributed by atoms with Gasteiger partial charge in [-0.25, -0.2) is 9.59 Å². The van der Waals surface area contributed by atoms with Crippen LogP contribution in [-0.2, 0) is 27.9 Å². The van der Waals surface area contributed by atoms with Crippen molar-refractivity contribution in [2.45, 2.75) is 84.4 Å². The Kier molecular flexibility index (Phi) is 8.37. The van der Waals surface area contributed by atoms with Crippen LogP contribution < -0.4 is 4.74 Å². The molecule has 1 saturated heterocycles. The first-order chi connectivity index (χ1) is 16.8. The molecule has 36 heavy (non-hydrogen) atoms. The van der Waals surface area contributed by atoms with Crippen molar-refractivity contribution in [3.8, 4) is 5.75 Å². The highest BCUT2D eigenvalue weighted by Gasteiger charge is 2.34. The molecule has 0 aromatic heterocycles. The summed E-state index contributed by atoms with van der Waals surface area (Å²) in [5, 5.41) is 0. The monoisotopic (exact) mass is 494 g/mol. The Morgan fingerprint density at radius 1 is 1.03 bits per heavy atom. The standard InChI is InChI=1S/C30H42N2O4/c1-21-18-22(14-17-26(21)36-30(5,6)27(33)35-8)10-9-11-25-20-32(28(34)31(25)7)19-23-12-15-24(16-13-23)29(2,3)4/h12-18,25H,9-11,19-20H2,1-8H3/t25-/m0/s1. The summed E-state index contributed by atoms with van der Waals surface area (Å²) in [7, 11) is 3.28. The Hall–Kier alpha value is -3.02. The number of nitrogens with zero attached hydrogens (tertiary/aromatic N) is 2. The number of carbonyl (C=O) groups is 2. The lowest BCUT2D eigenvalue weighted by molar-refractivity contribution is -0.156. The van der Waals surface area contributed by atoms with Gasteiger partial charge in [-0.1, -0.05) is 57.2 Å². The Bertz CT molecular complexity index is 1070. The first-order valence-corrected chi connectivity index (χ1v) is 12.8. The molecule has 6 nitrogen and oxygen atoms in total. The topological polar surface area (TPSA) is 59.1 Å². The maximum Gasteiger partial charge on any atom is 0.349 e. The molecule has 3 rings (SSSR count). The van der Waals surface area contributed by atoms with Gasteiger partial charge in [0.1, 0.15) is 5.75 Å². The van der Waals surface area contributed by atoms with Crippen LogP contribution in [0.5, 0.6) is 5.75 Å². The molecule has 0 N–H and O–H groups in total. The molecule has 0 bridgehead atoms. The van der Waals surface area contributed by atoms with Crippen LogP contribution in [0.1, 0.15) is 69.7 Å². The summed E-state index contributed by atoms with van der Waals surface area (Å²) in [4.78, 5) is 28.6. The van der Waals surface area contributed by atoms with Gasteiger partial charge >= 0.3 is 12.0 Å². The van der Waals surface area contributed by atoms with E-state index < -0.39 is 11.6 Å². The Labute approximate surface area is 216 Å².